The van der Waals surface area contributed by atoms with Gasteiger partial charge in [-0.2, -0.15) is 4.57 Å². The first-order valence-electron chi connectivity index (χ1n) is 6.31. The number of benzene rings is 1. The number of aromatic nitrogens is 1. The van der Waals surface area contributed by atoms with Crippen LogP contribution in [0, 0.1) is 0 Å². The van der Waals surface area contributed by atoms with Crippen LogP contribution in [0.15, 0.2) is 24.4 Å². The van der Waals surface area contributed by atoms with Crippen molar-refractivity contribution >= 4 is 10.9 Å². The number of hydrogen-bond donors (Lipinski definition) is 2. The van der Waals surface area contributed by atoms with Gasteiger partial charge in [-0.05, 0) is 31.9 Å². The van der Waals surface area contributed by atoms with E-state index in [2.05, 4.69) is 38.5 Å². The van der Waals surface area contributed by atoms with Gasteiger partial charge in [0.1, 0.15) is 0 Å². The Morgan fingerprint density at radius 2 is 1.72 bits per heavy atom. The lowest BCUT2D eigenvalue weighted by Gasteiger charge is -2.11. The van der Waals surface area contributed by atoms with E-state index in [-0.39, 0.29) is 11.5 Å². The highest BCUT2D eigenvalue weighted by Gasteiger charge is 2.19. The molecule has 1 heterocycles. The van der Waals surface area contributed by atoms with Crippen LogP contribution in [0.3, 0.4) is 0 Å². The molecule has 2 aromatic rings. The number of phenolic OH excluding ortho intramolecular Hbond substituents is 2. The lowest BCUT2D eigenvalue weighted by Crippen LogP contribution is -2.37. The maximum absolute atomic E-state index is 10.0. The van der Waals surface area contributed by atoms with Crippen molar-refractivity contribution in [1.29, 1.82) is 0 Å². The molecule has 0 bridgehead atoms. The second-order valence-electron chi connectivity index (χ2n) is 5.30. The molecule has 3 heteroatoms. The minimum absolute atomic E-state index is 0.0376. The SMILES string of the molecule is CC(C)c1cc2c(O)c(O)ccc2[n+](C(C)C)c1. The summed E-state index contributed by atoms with van der Waals surface area (Å²) in [7, 11) is 0. The van der Waals surface area contributed by atoms with Crippen LogP contribution in [0.5, 0.6) is 11.5 Å². The number of fused-ring (bicyclic) bond motifs is 1. The van der Waals surface area contributed by atoms with Gasteiger partial charge in [-0.25, -0.2) is 0 Å². The molecular formula is C15H20NO2+. The lowest BCUT2D eigenvalue weighted by molar-refractivity contribution is -0.691. The van der Waals surface area contributed by atoms with Gasteiger partial charge in [0.2, 0.25) is 5.52 Å². The first-order valence-corrected chi connectivity index (χ1v) is 6.31. The summed E-state index contributed by atoms with van der Waals surface area (Å²) in [5, 5.41) is 20.3. The second kappa shape index (κ2) is 4.48. The van der Waals surface area contributed by atoms with Crippen LogP contribution in [0.2, 0.25) is 0 Å². The Morgan fingerprint density at radius 3 is 2.28 bits per heavy atom. The summed E-state index contributed by atoms with van der Waals surface area (Å²) in [5.41, 5.74) is 2.09. The standard InChI is InChI=1S/C15H19NO2/c1-9(2)11-7-12-13(16(8-11)10(3)4)5-6-14(17)15(12)18/h5-10,17H,1-4H3/p+1. The summed E-state index contributed by atoms with van der Waals surface area (Å²) in [6.45, 7) is 8.44. The van der Waals surface area contributed by atoms with E-state index in [0.29, 0.717) is 17.3 Å². The zero-order valence-electron chi connectivity index (χ0n) is 11.3. The normalized spacial score (nSPS) is 11.7. The van der Waals surface area contributed by atoms with Crippen LogP contribution >= 0.6 is 0 Å². The Morgan fingerprint density at radius 1 is 1.06 bits per heavy atom. The molecule has 0 radical (unpaired) electrons. The van der Waals surface area contributed by atoms with E-state index in [1.54, 1.807) is 0 Å². The maximum atomic E-state index is 10.0. The fourth-order valence-electron chi connectivity index (χ4n) is 2.13. The summed E-state index contributed by atoms with van der Waals surface area (Å²) < 4.78 is 2.13. The number of pyridine rings is 1. The van der Waals surface area contributed by atoms with Gasteiger partial charge in [-0.15, -0.1) is 0 Å². The summed E-state index contributed by atoms with van der Waals surface area (Å²) in [6, 6.07) is 5.63. The van der Waals surface area contributed by atoms with Crippen molar-refractivity contribution in [3.63, 3.8) is 0 Å². The smallest absolute Gasteiger partial charge is 0.216 e. The van der Waals surface area contributed by atoms with E-state index < -0.39 is 0 Å². The number of nitrogens with zero attached hydrogens (tertiary/aromatic N) is 1. The third-order valence-corrected chi connectivity index (χ3v) is 3.27. The van der Waals surface area contributed by atoms with E-state index in [0.717, 1.165) is 11.1 Å². The zero-order valence-corrected chi connectivity index (χ0v) is 11.3. The van der Waals surface area contributed by atoms with Gasteiger partial charge in [0.25, 0.3) is 0 Å². The Labute approximate surface area is 107 Å². The molecule has 18 heavy (non-hydrogen) atoms. The third-order valence-electron chi connectivity index (χ3n) is 3.27. The average Bonchev–Trinajstić information content (AvgIpc) is 2.32. The third kappa shape index (κ3) is 2.01. The molecule has 3 nitrogen and oxygen atoms in total. The van der Waals surface area contributed by atoms with E-state index in [1.165, 1.54) is 6.07 Å². The van der Waals surface area contributed by atoms with Gasteiger partial charge in [0, 0.05) is 11.6 Å². The van der Waals surface area contributed by atoms with Gasteiger partial charge < -0.3 is 10.2 Å². The zero-order chi connectivity index (χ0) is 13.4. The van der Waals surface area contributed by atoms with Gasteiger partial charge in [-0.1, -0.05) is 13.8 Å². The summed E-state index contributed by atoms with van der Waals surface area (Å²) >= 11 is 0. The number of phenols is 2. The Balaban J connectivity index is 2.85. The Hall–Kier alpha value is -1.77. The predicted octanol–water partition coefficient (Wildman–Crippen LogP) is 3.24. The van der Waals surface area contributed by atoms with Crippen molar-refractivity contribution in [2.24, 2.45) is 0 Å². The molecule has 2 rings (SSSR count). The molecule has 0 aliphatic heterocycles. The topological polar surface area (TPSA) is 44.3 Å². The van der Waals surface area contributed by atoms with Crippen LogP contribution in [-0.4, -0.2) is 10.2 Å². The first-order chi connectivity index (χ1) is 8.41. The number of aromatic hydroxyl groups is 2. The van der Waals surface area contributed by atoms with Crippen LogP contribution in [0.25, 0.3) is 10.9 Å². The molecule has 0 saturated carbocycles. The molecule has 1 aromatic carbocycles. The van der Waals surface area contributed by atoms with Crippen molar-refractivity contribution in [1.82, 2.24) is 0 Å². The van der Waals surface area contributed by atoms with Crippen LogP contribution in [0.4, 0.5) is 0 Å². The highest BCUT2D eigenvalue weighted by Crippen LogP contribution is 2.33. The van der Waals surface area contributed by atoms with Crippen molar-refractivity contribution in [2.45, 2.75) is 39.7 Å². The quantitative estimate of drug-likeness (QED) is 0.631. The predicted molar refractivity (Wildman–Crippen MR) is 71.9 cm³/mol. The fourth-order valence-corrected chi connectivity index (χ4v) is 2.13. The molecule has 96 valence electrons. The summed E-state index contributed by atoms with van der Waals surface area (Å²) in [5.74, 6) is 0.268. The molecule has 0 aliphatic carbocycles. The first kappa shape index (κ1) is 12.7. The van der Waals surface area contributed by atoms with Gasteiger partial charge >= 0.3 is 0 Å². The largest absolute Gasteiger partial charge is 0.504 e. The molecule has 2 N–H and O–H groups in total. The van der Waals surface area contributed by atoms with Crippen molar-refractivity contribution < 1.29 is 14.8 Å². The molecular weight excluding hydrogens is 226 g/mol. The van der Waals surface area contributed by atoms with Crippen molar-refractivity contribution in [3.8, 4) is 11.5 Å². The monoisotopic (exact) mass is 246 g/mol. The van der Waals surface area contributed by atoms with Crippen LogP contribution in [0.1, 0.15) is 45.2 Å². The molecule has 0 spiro atoms. The number of rotatable bonds is 2. The summed E-state index contributed by atoms with van der Waals surface area (Å²) in [6.07, 6.45) is 2.12. The molecule has 0 aliphatic rings. The average molecular weight is 246 g/mol. The molecule has 1 aromatic heterocycles. The highest BCUT2D eigenvalue weighted by atomic mass is 16.3. The van der Waals surface area contributed by atoms with Gasteiger partial charge in [-0.3, -0.25) is 0 Å². The van der Waals surface area contributed by atoms with E-state index in [1.807, 2.05) is 12.1 Å². The highest BCUT2D eigenvalue weighted by molar-refractivity contribution is 5.85. The van der Waals surface area contributed by atoms with Crippen molar-refractivity contribution in [3.05, 3.63) is 30.0 Å². The van der Waals surface area contributed by atoms with E-state index in [9.17, 15) is 10.2 Å². The Kier molecular flexibility index (Phi) is 3.16. The van der Waals surface area contributed by atoms with E-state index in [4.69, 9.17) is 0 Å². The number of hydrogen-bond acceptors (Lipinski definition) is 2. The minimum atomic E-state index is -0.0706. The molecule has 0 unspecified atom stereocenters. The fraction of sp³-hybridized carbons (Fsp3) is 0.400. The molecule has 0 fully saturated rings. The van der Waals surface area contributed by atoms with Crippen LogP contribution < -0.4 is 4.57 Å². The molecule has 0 atom stereocenters. The van der Waals surface area contributed by atoms with Gasteiger partial charge in [0.05, 0.1) is 5.39 Å². The minimum Gasteiger partial charge on any atom is -0.504 e. The van der Waals surface area contributed by atoms with Crippen molar-refractivity contribution in [2.75, 3.05) is 0 Å². The van der Waals surface area contributed by atoms with Crippen LogP contribution in [-0.2, 0) is 0 Å². The molecule has 0 saturated heterocycles. The maximum Gasteiger partial charge on any atom is 0.216 e. The van der Waals surface area contributed by atoms with E-state index >= 15 is 0 Å². The summed E-state index contributed by atoms with van der Waals surface area (Å²) in [4.78, 5) is 0. The second-order valence-corrected chi connectivity index (χ2v) is 5.30. The molecule has 0 amide bonds. The lowest BCUT2D eigenvalue weighted by atomic mass is 10.0. The van der Waals surface area contributed by atoms with Gasteiger partial charge in [0.15, 0.2) is 23.7 Å². The Bertz CT molecular complexity index is 589.